The average Bonchev–Trinajstić information content (AvgIpc) is 2.27. The number of carbonyl (C=O) groups excluding carboxylic acids is 1. The Labute approximate surface area is 96.3 Å². The molecule has 0 spiro atoms. The monoisotopic (exact) mass is 226 g/mol. The van der Waals surface area contributed by atoms with Crippen molar-refractivity contribution in [3.8, 4) is 0 Å². The number of carbonyl (C=O) groups is 1. The molecule has 0 radical (unpaired) electrons. The first-order chi connectivity index (χ1) is 7.71. The molecule has 4 bridgehead atoms. The molecule has 4 rings (SSSR count). The van der Waals surface area contributed by atoms with E-state index in [-0.39, 0.29) is 0 Å². The van der Waals surface area contributed by atoms with Crippen molar-refractivity contribution in [2.24, 2.45) is 35.4 Å². The molecule has 0 aliphatic heterocycles. The fourth-order valence-electron chi connectivity index (χ4n) is 4.02. The van der Waals surface area contributed by atoms with Crippen LogP contribution in [0, 0.1) is 23.7 Å². The second-order valence-corrected chi connectivity index (χ2v) is 5.50. The summed E-state index contributed by atoms with van der Waals surface area (Å²) in [5.41, 5.74) is 3.48. The van der Waals surface area contributed by atoms with E-state index in [1.165, 1.54) is 23.7 Å². The Morgan fingerprint density at radius 1 is 0.750 bits per heavy atom. The number of hydrogen-bond acceptors (Lipinski definition) is 3. The Morgan fingerprint density at radius 2 is 1.00 bits per heavy atom. The largest absolute Gasteiger partial charge is 0.343 e. The average molecular weight is 226 g/mol. The van der Waals surface area contributed by atoms with E-state index in [0.717, 1.165) is 0 Å². The second kappa shape index (κ2) is 5.01. The number of hydrazine groups is 2. The number of hydrogen-bond donors (Lipinski definition) is 4. The normalized spacial score (nSPS) is 38.6. The zero-order valence-corrected chi connectivity index (χ0v) is 9.61. The van der Waals surface area contributed by atoms with Gasteiger partial charge in [-0.3, -0.25) is 10.9 Å². The van der Waals surface area contributed by atoms with Crippen molar-refractivity contribution in [3.05, 3.63) is 0 Å². The number of urea groups is 1. The fourth-order valence-corrected chi connectivity index (χ4v) is 4.02. The highest BCUT2D eigenvalue weighted by Gasteiger charge is 2.41. The molecule has 92 valence electrons. The van der Waals surface area contributed by atoms with Crippen LogP contribution in [0.25, 0.3) is 0 Å². The minimum atomic E-state index is -0.602. The third-order valence-electron chi connectivity index (χ3n) is 4.26. The van der Waals surface area contributed by atoms with Gasteiger partial charge in [0.05, 0.1) is 0 Å². The topological polar surface area (TPSA) is 93.2 Å². The fraction of sp³-hybridized carbons (Fsp3) is 0.909. The Kier molecular flexibility index (Phi) is 3.66. The lowest BCUT2D eigenvalue weighted by atomic mass is 9.56. The Morgan fingerprint density at radius 3 is 1.12 bits per heavy atom. The molecule has 0 aromatic rings. The van der Waals surface area contributed by atoms with Crippen molar-refractivity contribution >= 4 is 6.03 Å². The number of nitrogens with one attached hydrogen (secondary N) is 2. The van der Waals surface area contributed by atoms with Crippen LogP contribution in [-0.4, -0.2) is 6.03 Å². The maximum absolute atomic E-state index is 9.71. The summed E-state index contributed by atoms with van der Waals surface area (Å²) in [7, 11) is 0. The van der Waals surface area contributed by atoms with Gasteiger partial charge in [-0.2, -0.15) is 0 Å². The summed E-state index contributed by atoms with van der Waals surface area (Å²) in [6, 6.07) is -0.602. The molecular formula is C11H22N4O. The molecule has 0 unspecified atom stereocenters. The molecule has 0 aromatic carbocycles. The summed E-state index contributed by atoms with van der Waals surface area (Å²) < 4.78 is 0. The molecule has 2 amide bonds. The zero-order chi connectivity index (χ0) is 11.5. The standard InChI is InChI=1S/C10H16.CH6N4O/c1-7-2-9-4-8(1)5-10(3-7)6-9;2-4-1(6)5-3/h7-10H,1-6H2;2-3H2,(H2,4,5,6). The van der Waals surface area contributed by atoms with Crippen molar-refractivity contribution < 1.29 is 4.79 Å². The molecule has 4 saturated carbocycles. The summed E-state index contributed by atoms with van der Waals surface area (Å²) >= 11 is 0. The van der Waals surface area contributed by atoms with E-state index in [1.54, 1.807) is 49.4 Å². The third-order valence-corrected chi connectivity index (χ3v) is 4.26. The summed E-state index contributed by atoms with van der Waals surface area (Å²) in [6.45, 7) is 0. The quantitative estimate of drug-likeness (QED) is 0.280. The van der Waals surface area contributed by atoms with Crippen LogP contribution in [-0.2, 0) is 0 Å². The maximum Gasteiger partial charge on any atom is 0.343 e. The van der Waals surface area contributed by atoms with E-state index < -0.39 is 6.03 Å². The second-order valence-electron chi connectivity index (χ2n) is 5.50. The molecule has 5 heteroatoms. The Hall–Kier alpha value is -0.810. The van der Waals surface area contributed by atoms with E-state index in [1.807, 2.05) is 0 Å². The van der Waals surface area contributed by atoms with E-state index >= 15 is 0 Å². The zero-order valence-electron chi connectivity index (χ0n) is 9.61. The molecule has 0 atom stereocenters. The van der Waals surface area contributed by atoms with Crippen molar-refractivity contribution in [1.82, 2.24) is 10.9 Å². The van der Waals surface area contributed by atoms with Crippen LogP contribution in [0.5, 0.6) is 0 Å². The van der Waals surface area contributed by atoms with E-state index in [4.69, 9.17) is 0 Å². The lowest BCUT2D eigenvalue weighted by Gasteiger charge is -2.49. The number of nitrogens with two attached hydrogens (primary N) is 2. The van der Waals surface area contributed by atoms with Gasteiger partial charge >= 0.3 is 6.03 Å². The Bertz CT molecular complexity index is 194. The predicted octanol–water partition coefficient (Wildman–Crippen LogP) is 0.866. The van der Waals surface area contributed by atoms with Crippen molar-refractivity contribution in [1.29, 1.82) is 0 Å². The highest BCUT2D eigenvalue weighted by Crippen LogP contribution is 2.53. The van der Waals surface area contributed by atoms with Crippen LogP contribution in [0.1, 0.15) is 38.5 Å². The SMILES string of the molecule is C1C2CC3CC1CC(C2)C3.NNC(=O)NN. The Balaban J connectivity index is 0.000000142. The lowest BCUT2D eigenvalue weighted by Crippen LogP contribution is -2.43. The highest BCUT2D eigenvalue weighted by molar-refractivity contribution is 5.72. The van der Waals surface area contributed by atoms with E-state index in [9.17, 15) is 4.79 Å². The number of rotatable bonds is 0. The molecule has 4 aliphatic carbocycles. The molecule has 0 saturated heterocycles. The molecule has 4 fully saturated rings. The van der Waals surface area contributed by atoms with E-state index in [2.05, 4.69) is 11.7 Å². The van der Waals surface area contributed by atoms with Gasteiger partial charge in [0.25, 0.3) is 0 Å². The summed E-state index contributed by atoms with van der Waals surface area (Å²) in [6.07, 6.45) is 9.62. The minimum absolute atomic E-state index is 0.602. The first-order valence-corrected chi connectivity index (χ1v) is 6.18. The van der Waals surface area contributed by atoms with Crippen molar-refractivity contribution in [2.45, 2.75) is 38.5 Å². The van der Waals surface area contributed by atoms with E-state index in [0.29, 0.717) is 0 Å². The smallest absolute Gasteiger partial charge is 0.275 e. The van der Waals surface area contributed by atoms with Gasteiger partial charge < -0.3 is 0 Å². The van der Waals surface area contributed by atoms with Gasteiger partial charge in [-0.05, 0) is 62.2 Å². The van der Waals surface area contributed by atoms with Gasteiger partial charge in [0.15, 0.2) is 0 Å². The van der Waals surface area contributed by atoms with Crippen molar-refractivity contribution in [3.63, 3.8) is 0 Å². The highest BCUT2D eigenvalue weighted by atomic mass is 16.2. The van der Waals surface area contributed by atoms with Gasteiger partial charge in [0, 0.05) is 0 Å². The van der Waals surface area contributed by atoms with Crippen LogP contribution in [0.3, 0.4) is 0 Å². The lowest BCUT2D eigenvalue weighted by molar-refractivity contribution is 0.0198. The molecule has 4 aliphatic rings. The minimum Gasteiger partial charge on any atom is -0.275 e. The number of amides is 2. The van der Waals surface area contributed by atoms with Gasteiger partial charge in [-0.25, -0.2) is 16.5 Å². The first kappa shape index (κ1) is 11.7. The molecule has 0 aromatic heterocycles. The summed E-state index contributed by atoms with van der Waals surface area (Å²) in [4.78, 5) is 9.71. The van der Waals surface area contributed by atoms with Crippen LogP contribution >= 0.6 is 0 Å². The third kappa shape index (κ3) is 2.65. The van der Waals surface area contributed by atoms with Gasteiger partial charge in [0.1, 0.15) is 0 Å². The van der Waals surface area contributed by atoms with Gasteiger partial charge in [0.2, 0.25) is 0 Å². The van der Waals surface area contributed by atoms with Gasteiger partial charge in [-0.1, -0.05) is 0 Å². The summed E-state index contributed by atoms with van der Waals surface area (Å²) in [5, 5.41) is 0. The molecular weight excluding hydrogens is 204 g/mol. The predicted molar refractivity (Wildman–Crippen MR) is 61.7 cm³/mol. The maximum atomic E-state index is 9.71. The molecule has 0 heterocycles. The van der Waals surface area contributed by atoms with Crippen LogP contribution in [0.15, 0.2) is 0 Å². The van der Waals surface area contributed by atoms with Crippen LogP contribution in [0.4, 0.5) is 4.79 Å². The van der Waals surface area contributed by atoms with Crippen LogP contribution < -0.4 is 22.5 Å². The first-order valence-electron chi connectivity index (χ1n) is 6.18. The molecule has 6 N–H and O–H groups in total. The van der Waals surface area contributed by atoms with Crippen molar-refractivity contribution in [2.75, 3.05) is 0 Å². The van der Waals surface area contributed by atoms with Crippen LogP contribution in [0.2, 0.25) is 0 Å². The molecule has 16 heavy (non-hydrogen) atoms. The molecule has 5 nitrogen and oxygen atoms in total. The van der Waals surface area contributed by atoms with Gasteiger partial charge in [-0.15, -0.1) is 0 Å². The summed E-state index contributed by atoms with van der Waals surface area (Å²) in [5.74, 6) is 13.8.